The van der Waals surface area contributed by atoms with Crippen LogP contribution in [0, 0.1) is 5.92 Å². The molecule has 1 fully saturated rings. The third kappa shape index (κ3) is 2.60. The van der Waals surface area contributed by atoms with Gasteiger partial charge in [-0.25, -0.2) is 0 Å². The molecule has 1 aromatic heterocycles. The van der Waals surface area contributed by atoms with Crippen molar-refractivity contribution in [2.75, 3.05) is 19.6 Å². The summed E-state index contributed by atoms with van der Waals surface area (Å²) in [6, 6.07) is 10.6. The molecule has 2 atom stereocenters. The fourth-order valence-corrected chi connectivity index (χ4v) is 3.33. The molecule has 3 nitrogen and oxygen atoms in total. The highest BCUT2D eigenvalue weighted by Gasteiger charge is 2.27. The van der Waals surface area contributed by atoms with Gasteiger partial charge in [0.15, 0.2) is 0 Å². The van der Waals surface area contributed by atoms with E-state index in [1.807, 2.05) is 18.2 Å². The molecule has 1 saturated heterocycles. The molecule has 0 aliphatic carbocycles. The van der Waals surface area contributed by atoms with E-state index in [0.717, 1.165) is 30.4 Å². The van der Waals surface area contributed by atoms with Crippen molar-refractivity contribution in [2.45, 2.75) is 32.2 Å². The molecular formula is C17H24N2O. The van der Waals surface area contributed by atoms with Gasteiger partial charge in [0.1, 0.15) is 11.3 Å². The SMILES string of the molecule is CCC1CCCN(C(CN)c2cc3ccccc3o2)C1. The van der Waals surface area contributed by atoms with Crippen molar-refractivity contribution >= 4 is 11.0 Å². The Labute approximate surface area is 120 Å². The van der Waals surface area contributed by atoms with E-state index in [2.05, 4.69) is 24.0 Å². The zero-order chi connectivity index (χ0) is 13.9. The molecule has 0 saturated carbocycles. The molecule has 2 heterocycles. The van der Waals surface area contributed by atoms with Gasteiger partial charge >= 0.3 is 0 Å². The molecule has 2 unspecified atom stereocenters. The number of hydrogen-bond donors (Lipinski definition) is 1. The Balaban J connectivity index is 1.85. The summed E-state index contributed by atoms with van der Waals surface area (Å²) in [4.78, 5) is 2.51. The van der Waals surface area contributed by atoms with E-state index < -0.39 is 0 Å². The number of nitrogens with two attached hydrogens (primary N) is 1. The lowest BCUT2D eigenvalue weighted by Crippen LogP contribution is -2.40. The molecule has 1 aliphatic rings. The summed E-state index contributed by atoms with van der Waals surface area (Å²) >= 11 is 0. The fourth-order valence-electron chi connectivity index (χ4n) is 3.33. The molecular weight excluding hydrogens is 248 g/mol. The van der Waals surface area contributed by atoms with Crippen molar-refractivity contribution in [2.24, 2.45) is 11.7 Å². The van der Waals surface area contributed by atoms with Gasteiger partial charge in [-0.2, -0.15) is 0 Å². The topological polar surface area (TPSA) is 42.4 Å². The van der Waals surface area contributed by atoms with Gasteiger partial charge in [0.25, 0.3) is 0 Å². The smallest absolute Gasteiger partial charge is 0.134 e. The summed E-state index contributed by atoms with van der Waals surface area (Å²) in [5.74, 6) is 1.83. The normalized spacial score (nSPS) is 22.2. The molecule has 0 spiro atoms. The maximum Gasteiger partial charge on any atom is 0.134 e. The summed E-state index contributed by atoms with van der Waals surface area (Å²) in [6.07, 6.45) is 3.88. The molecule has 2 N–H and O–H groups in total. The third-order valence-electron chi connectivity index (χ3n) is 4.56. The van der Waals surface area contributed by atoms with Crippen LogP contribution in [0.25, 0.3) is 11.0 Å². The van der Waals surface area contributed by atoms with Crippen molar-refractivity contribution in [1.29, 1.82) is 0 Å². The molecule has 3 rings (SSSR count). The van der Waals surface area contributed by atoms with Crippen LogP contribution < -0.4 is 5.73 Å². The lowest BCUT2D eigenvalue weighted by molar-refractivity contribution is 0.112. The van der Waals surface area contributed by atoms with Gasteiger partial charge < -0.3 is 10.2 Å². The summed E-state index contributed by atoms with van der Waals surface area (Å²) in [7, 11) is 0. The number of hydrogen-bond acceptors (Lipinski definition) is 3. The van der Waals surface area contributed by atoms with Crippen molar-refractivity contribution < 1.29 is 4.42 Å². The van der Waals surface area contributed by atoms with Gasteiger partial charge in [-0.15, -0.1) is 0 Å². The first-order chi connectivity index (χ1) is 9.81. The summed E-state index contributed by atoms with van der Waals surface area (Å²) < 4.78 is 6.02. The second-order valence-corrected chi connectivity index (χ2v) is 5.85. The zero-order valence-corrected chi connectivity index (χ0v) is 12.2. The summed E-state index contributed by atoms with van der Waals surface area (Å²) in [5.41, 5.74) is 7.01. The van der Waals surface area contributed by atoms with E-state index in [9.17, 15) is 0 Å². The first-order valence-electron chi connectivity index (χ1n) is 7.74. The molecule has 1 aliphatic heterocycles. The van der Waals surface area contributed by atoms with E-state index in [4.69, 9.17) is 10.2 Å². The largest absolute Gasteiger partial charge is 0.459 e. The molecule has 108 valence electrons. The van der Waals surface area contributed by atoms with Crippen LogP contribution in [0.2, 0.25) is 0 Å². The molecule has 20 heavy (non-hydrogen) atoms. The number of piperidine rings is 1. The Morgan fingerprint density at radius 2 is 2.25 bits per heavy atom. The van der Waals surface area contributed by atoms with Crippen LogP contribution in [0.15, 0.2) is 34.7 Å². The molecule has 0 amide bonds. The highest BCUT2D eigenvalue weighted by molar-refractivity contribution is 5.77. The Hall–Kier alpha value is -1.32. The van der Waals surface area contributed by atoms with E-state index in [1.165, 1.54) is 24.6 Å². The third-order valence-corrected chi connectivity index (χ3v) is 4.56. The predicted octanol–water partition coefficient (Wildman–Crippen LogP) is 3.55. The van der Waals surface area contributed by atoms with Crippen LogP contribution in [0.4, 0.5) is 0 Å². The average molecular weight is 272 g/mol. The van der Waals surface area contributed by atoms with E-state index in [0.29, 0.717) is 6.54 Å². The first kappa shape index (κ1) is 13.7. The number of furan rings is 1. The average Bonchev–Trinajstić information content (AvgIpc) is 2.91. The minimum atomic E-state index is 0.219. The Kier molecular flexibility index (Phi) is 4.08. The van der Waals surface area contributed by atoms with E-state index in [-0.39, 0.29) is 6.04 Å². The molecule has 3 heteroatoms. The van der Waals surface area contributed by atoms with Crippen LogP contribution in [0.3, 0.4) is 0 Å². The molecule has 1 aromatic carbocycles. The van der Waals surface area contributed by atoms with Crippen LogP contribution in [-0.4, -0.2) is 24.5 Å². The number of nitrogens with zero attached hydrogens (tertiary/aromatic N) is 1. The number of para-hydroxylation sites is 1. The van der Waals surface area contributed by atoms with Crippen LogP contribution in [-0.2, 0) is 0 Å². The van der Waals surface area contributed by atoms with E-state index >= 15 is 0 Å². The predicted molar refractivity (Wildman–Crippen MR) is 82.6 cm³/mol. The standard InChI is InChI=1S/C17H24N2O/c1-2-13-6-5-9-19(12-13)15(11-18)17-10-14-7-3-4-8-16(14)20-17/h3-4,7-8,10,13,15H,2,5-6,9,11-12,18H2,1H3. The van der Waals surface area contributed by atoms with Crippen molar-refractivity contribution in [3.05, 3.63) is 36.1 Å². The molecule has 2 aromatic rings. The highest BCUT2D eigenvalue weighted by Crippen LogP contribution is 2.30. The fraction of sp³-hybridized carbons (Fsp3) is 0.529. The van der Waals surface area contributed by atoms with E-state index in [1.54, 1.807) is 0 Å². The summed E-state index contributed by atoms with van der Waals surface area (Å²) in [6.45, 7) is 5.19. The molecule has 0 radical (unpaired) electrons. The van der Waals surface area contributed by atoms with Gasteiger partial charge in [0.05, 0.1) is 6.04 Å². The van der Waals surface area contributed by atoms with Gasteiger partial charge in [-0.05, 0) is 37.4 Å². The minimum Gasteiger partial charge on any atom is -0.459 e. The van der Waals surface area contributed by atoms with Gasteiger partial charge in [0.2, 0.25) is 0 Å². The summed E-state index contributed by atoms with van der Waals surface area (Å²) in [5, 5.41) is 1.17. The Bertz CT molecular complexity index is 530. The second-order valence-electron chi connectivity index (χ2n) is 5.85. The number of benzene rings is 1. The van der Waals surface area contributed by atoms with Gasteiger partial charge in [0, 0.05) is 18.5 Å². The zero-order valence-electron chi connectivity index (χ0n) is 12.2. The van der Waals surface area contributed by atoms with Gasteiger partial charge in [-0.3, -0.25) is 4.90 Å². The van der Waals surface area contributed by atoms with Crippen molar-refractivity contribution in [3.63, 3.8) is 0 Å². The lowest BCUT2D eigenvalue weighted by Gasteiger charge is -2.36. The van der Waals surface area contributed by atoms with Crippen LogP contribution >= 0.6 is 0 Å². The number of rotatable bonds is 4. The first-order valence-corrected chi connectivity index (χ1v) is 7.74. The maximum absolute atomic E-state index is 6.04. The highest BCUT2D eigenvalue weighted by atomic mass is 16.3. The number of fused-ring (bicyclic) bond motifs is 1. The Morgan fingerprint density at radius 3 is 3.00 bits per heavy atom. The van der Waals surface area contributed by atoms with Gasteiger partial charge in [-0.1, -0.05) is 31.5 Å². The molecule has 0 bridgehead atoms. The van der Waals surface area contributed by atoms with Crippen molar-refractivity contribution in [1.82, 2.24) is 4.90 Å². The lowest BCUT2D eigenvalue weighted by atomic mass is 9.94. The quantitative estimate of drug-likeness (QED) is 0.925. The number of likely N-dealkylation sites (tertiary alicyclic amines) is 1. The van der Waals surface area contributed by atoms with Crippen LogP contribution in [0.5, 0.6) is 0 Å². The Morgan fingerprint density at radius 1 is 1.40 bits per heavy atom. The second kappa shape index (κ2) is 5.98. The van der Waals surface area contributed by atoms with Crippen molar-refractivity contribution in [3.8, 4) is 0 Å². The van der Waals surface area contributed by atoms with Crippen LogP contribution in [0.1, 0.15) is 38.0 Å². The maximum atomic E-state index is 6.04. The minimum absolute atomic E-state index is 0.219. The monoisotopic (exact) mass is 272 g/mol.